The number of halogens is 1. The summed E-state index contributed by atoms with van der Waals surface area (Å²) in [5.74, 6) is 0.982. The molecule has 0 fully saturated rings. The standard InChI is InChI=1S/C19H31BrN2O3/c1-8-19(5,6)21-11-13-9-15(24-7)16(10-14(13)20)25-12-17(23)22-18(2,3)4/h9-10,21H,8,11-12H2,1-7H3,(H,22,23). The topological polar surface area (TPSA) is 59.6 Å². The Morgan fingerprint density at radius 2 is 1.80 bits per heavy atom. The van der Waals surface area contributed by atoms with Crippen molar-refractivity contribution >= 4 is 21.8 Å². The number of amides is 1. The maximum absolute atomic E-state index is 11.9. The molecule has 25 heavy (non-hydrogen) atoms. The van der Waals surface area contributed by atoms with E-state index in [1.54, 1.807) is 7.11 Å². The fourth-order valence-corrected chi connectivity index (χ4v) is 2.50. The molecule has 6 heteroatoms. The second-order valence-electron chi connectivity index (χ2n) is 7.77. The molecular weight excluding hydrogens is 384 g/mol. The molecule has 0 unspecified atom stereocenters. The second kappa shape index (κ2) is 8.90. The van der Waals surface area contributed by atoms with E-state index in [1.807, 2.05) is 32.9 Å². The monoisotopic (exact) mass is 414 g/mol. The van der Waals surface area contributed by atoms with Crippen LogP contribution in [0, 0.1) is 0 Å². The van der Waals surface area contributed by atoms with Gasteiger partial charge in [0.1, 0.15) is 0 Å². The van der Waals surface area contributed by atoms with Gasteiger partial charge in [0.2, 0.25) is 0 Å². The first kappa shape index (κ1) is 21.8. The lowest BCUT2D eigenvalue weighted by atomic mass is 10.0. The summed E-state index contributed by atoms with van der Waals surface area (Å²) in [5, 5.41) is 6.39. The van der Waals surface area contributed by atoms with E-state index in [0.29, 0.717) is 18.0 Å². The average Bonchev–Trinajstić information content (AvgIpc) is 2.50. The van der Waals surface area contributed by atoms with Crippen molar-refractivity contribution in [1.82, 2.24) is 10.6 Å². The van der Waals surface area contributed by atoms with Crippen molar-refractivity contribution in [3.05, 3.63) is 22.2 Å². The lowest BCUT2D eigenvalue weighted by molar-refractivity contribution is -0.124. The van der Waals surface area contributed by atoms with Crippen LogP contribution in [0.5, 0.6) is 11.5 Å². The van der Waals surface area contributed by atoms with E-state index in [9.17, 15) is 4.79 Å². The minimum atomic E-state index is -0.285. The Balaban J connectivity index is 2.82. The van der Waals surface area contributed by atoms with Gasteiger partial charge in [-0.2, -0.15) is 0 Å². The minimum Gasteiger partial charge on any atom is -0.493 e. The minimum absolute atomic E-state index is 0.0550. The van der Waals surface area contributed by atoms with Crippen molar-refractivity contribution in [2.24, 2.45) is 0 Å². The Morgan fingerprint density at radius 3 is 2.32 bits per heavy atom. The molecule has 1 aromatic rings. The van der Waals surface area contributed by atoms with Gasteiger partial charge >= 0.3 is 0 Å². The highest BCUT2D eigenvalue weighted by atomic mass is 79.9. The number of hydrogen-bond acceptors (Lipinski definition) is 4. The van der Waals surface area contributed by atoms with Gasteiger partial charge in [-0.05, 0) is 58.7 Å². The molecule has 0 bridgehead atoms. The van der Waals surface area contributed by atoms with Crippen LogP contribution >= 0.6 is 15.9 Å². The number of benzene rings is 1. The number of carbonyl (C=O) groups is 1. The Hall–Kier alpha value is -1.27. The summed E-state index contributed by atoms with van der Waals surface area (Å²) in [4.78, 5) is 11.9. The van der Waals surface area contributed by atoms with E-state index < -0.39 is 0 Å². The first-order chi connectivity index (χ1) is 11.5. The summed E-state index contributed by atoms with van der Waals surface area (Å²) in [6.45, 7) is 12.9. The van der Waals surface area contributed by atoms with Crippen LogP contribution in [0.4, 0.5) is 0 Å². The van der Waals surface area contributed by atoms with Gasteiger partial charge in [0.15, 0.2) is 18.1 Å². The molecule has 0 saturated carbocycles. The van der Waals surface area contributed by atoms with Gasteiger partial charge < -0.3 is 20.1 Å². The number of methoxy groups -OCH3 is 1. The predicted octanol–water partition coefficient (Wildman–Crippen LogP) is 4.03. The Bertz CT molecular complexity index is 595. The van der Waals surface area contributed by atoms with E-state index in [1.165, 1.54) is 0 Å². The third-order valence-corrected chi connectivity index (χ3v) is 4.59. The molecule has 0 aliphatic heterocycles. The third-order valence-electron chi connectivity index (χ3n) is 3.85. The number of ether oxygens (including phenoxy) is 2. The second-order valence-corrected chi connectivity index (χ2v) is 8.63. The van der Waals surface area contributed by atoms with Crippen LogP contribution in [-0.4, -0.2) is 30.7 Å². The Labute approximate surface area is 160 Å². The number of hydrogen-bond donors (Lipinski definition) is 2. The van der Waals surface area contributed by atoms with Crippen LogP contribution in [0.3, 0.4) is 0 Å². The van der Waals surface area contributed by atoms with E-state index >= 15 is 0 Å². The first-order valence-corrected chi connectivity index (χ1v) is 9.32. The lowest BCUT2D eigenvalue weighted by Gasteiger charge is -2.25. The highest BCUT2D eigenvalue weighted by Crippen LogP contribution is 2.33. The normalized spacial score (nSPS) is 12.0. The van der Waals surface area contributed by atoms with Gasteiger partial charge in [-0.25, -0.2) is 0 Å². The first-order valence-electron chi connectivity index (χ1n) is 8.52. The molecule has 1 amide bonds. The van der Waals surface area contributed by atoms with Crippen LogP contribution in [0.1, 0.15) is 53.5 Å². The van der Waals surface area contributed by atoms with Crippen molar-refractivity contribution in [2.75, 3.05) is 13.7 Å². The molecule has 1 rings (SSSR count). The van der Waals surface area contributed by atoms with Crippen molar-refractivity contribution in [3.8, 4) is 11.5 Å². The zero-order chi connectivity index (χ0) is 19.3. The van der Waals surface area contributed by atoms with Gasteiger partial charge in [-0.15, -0.1) is 0 Å². The smallest absolute Gasteiger partial charge is 0.258 e. The molecule has 0 radical (unpaired) electrons. The van der Waals surface area contributed by atoms with Crippen molar-refractivity contribution in [1.29, 1.82) is 0 Å². The molecule has 5 nitrogen and oxygen atoms in total. The maximum atomic E-state index is 11.9. The number of carbonyl (C=O) groups excluding carboxylic acids is 1. The maximum Gasteiger partial charge on any atom is 0.258 e. The van der Waals surface area contributed by atoms with Crippen LogP contribution < -0.4 is 20.1 Å². The molecule has 0 atom stereocenters. The van der Waals surface area contributed by atoms with Gasteiger partial charge in [0.25, 0.3) is 5.91 Å². The Kier molecular flexibility index (Phi) is 7.75. The molecule has 142 valence electrons. The summed E-state index contributed by atoms with van der Waals surface area (Å²) in [6, 6.07) is 3.78. The molecule has 0 aromatic heterocycles. The zero-order valence-electron chi connectivity index (χ0n) is 16.4. The number of rotatable bonds is 8. The van der Waals surface area contributed by atoms with Crippen LogP contribution in [0.25, 0.3) is 0 Å². The molecule has 0 saturated heterocycles. The van der Waals surface area contributed by atoms with Gasteiger partial charge in [-0.1, -0.05) is 22.9 Å². The van der Waals surface area contributed by atoms with Crippen LogP contribution in [0.15, 0.2) is 16.6 Å². The van der Waals surface area contributed by atoms with E-state index in [-0.39, 0.29) is 23.6 Å². The fraction of sp³-hybridized carbons (Fsp3) is 0.632. The fourth-order valence-electron chi connectivity index (χ4n) is 2.04. The molecule has 2 N–H and O–H groups in total. The molecule has 0 aliphatic carbocycles. The van der Waals surface area contributed by atoms with E-state index in [2.05, 4.69) is 47.3 Å². The summed E-state index contributed by atoms with van der Waals surface area (Å²) < 4.78 is 12.0. The quantitative estimate of drug-likeness (QED) is 0.673. The third kappa shape index (κ3) is 7.65. The van der Waals surface area contributed by atoms with Crippen molar-refractivity contribution in [2.45, 2.75) is 65.6 Å². The molecular formula is C19H31BrN2O3. The average molecular weight is 415 g/mol. The molecule has 0 aliphatic rings. The largest absolute Gasteiger partial charge is 0.493 e. The SMILES string of the molecule is CCC(C)(C)NCc1cc(OC)c(OCC(=O)NC(C)(C)C)cc1Br. The lowest BCUT2D eigenvalue weighted by Crippen LogP contribution is -2.43. The van der Waals surface area contributed by atoms with Crippen LogP contribution in [0.2, 0.25) is 0 Å². The van der Waals surface area contributed by atoms with Gasteiger partial charge in [0, 0.05) is 22.1 Å². The van der Waals surface area contributed by atoms with E-state index in [0.717, 1.165) is 16.5 Å². The van der Waals surface area contributed by atoms with E-state index in [4.69, 9.17) is 9.47 Å². The molecule has 0 heterocycles. The number of nitrogens with one attached hydrogen (secondary N) is 2. The van der Waals surface area contributed by atoms with Gasteiger partial charge in [-0.3, -0.25) is 4.79 Å². The van der Waals surface area contributed by atoms with Crippen LogP contribution in [-0.2, 0) is 11.3 Å². The highest BCUT2D eigenvalue weighted by Gasteiger charge is 2.18. The molecule has 1 aromatic carbocycles. The van der Waals surface area contributed by atoms with Crippen molar-refractivity contribution in [3.63, 3.8) is 0 Å². The molecule has 0 spiro atoms. The summed E-state index contributed by atoms with van der Waals surface area (Å²) in [7, 11) is 1.60. The predicted molar refractivity (Wildman–Crippen MR) is 105 cm³/mol. The summed E-state index contributed by atoms with van der Waals surface area (Å²) >= 11 is 3.58. The Morgan fingerprint density at radius 1 is 1.16 bits per heavy atom. The summed E-state index contributed by atoms with van der Waals surface area (Å²) in [6.07, 6.45) is 1.03. The summed E-state index contributed by atoms with van der Waals surface area (Å²) in [5.41, 5.74) is 0.851. The highest BCUT2D eigenvalue weighted by molar-refractivity contribution is 9.10. The van der Waals surface area contributed by atoms with Crippen molar-refractivity contribution < 1.29 is 14.3 Å². The van der Waals surface area contributed by atoms with Gasteiger partial charge in [0.05, 0.1) is 7.11 Å². The zero-order valence-corrected chi connectivity index (χ0v) is 18.0.